The van der Waals surface area contributed by atoms with Crippen LogP contribution in [0, 0.1) is 0 Å². The lowest BCUT2D eigenvalue weighted by Gasteiger charge is -2.10. The van der Waals surface area contributed by atoms with Crippen LogP contribution in [0.15, 0.2) is 55.1 Å². The van der Waals surface area contributed by atoms with Crippen molar-refractivity contribution >= 4 is 35.0 Å². The zero-order valence-corrected chi connectivity index (χ0v) is 17.4. The Bertz CT molecular complexity index is 994. The highest BCUT2D eigenvalue weighted by atomic mass is 35.5. The van der Waals surface area contributed by atoms with Gasteiger partial charge in [0.2, 0.25) is 5.91 Å². The SMILES string of the molecule is O=C(CCCOc1ccc(Cl)cc1Cl)NNC(=O)c1ccc(Cn2cncn2)cc1. The summed E-state index contributed by atoms with van der Waals surface area (Å²) in [6, 6.07) is 11.9. The summed E-state index contributed by atoms with van der Waals surface area (Å²) in [6.07, 6.45) is 3.72. The lowest BCUT2D eigenvalue weighted by Crippen LogP contribution is -2.41. The van der Waals surface area contributed by atoms with Crippen molar-refractivity contribution in [3.8, 4) is 5.75 Å². The molecule has 156 valence electrons. The second-order valence-corrected chi connectivity index (χ2v) is 7.16. The number of halogens is 2. The number of hydrazine groups is 1. The first-order chi connectivity index (χ1) is 14.5. The molecule has 2 N–H and O–H groups in total. The van der Waals surface area contributed by atoms with E-state index in [4.69, 9.17) is 27.9 Å². The number of ether oxygens (including phenoxy) is 1. The summed E-state index contributed by atoms with van der Waals surface area (Å²) < 4.78 is 7.20. The minimum absolute atomic E-state index is 0.183. The van der Waals surface area contributed by atoms with Crippen LogP contribution in [0.4, 0.5) is 0 Å². The molecule has 2 amide bonds. The van der Waals surface area contributed by atoms with Gasteiger partial charge in [-0.15, -0.1) is 0 Å². The predicted octanol–water partition coefficient (Wildman–Crippen LogP) is 3.25. The fourth-order valence-electron chi connectivity index (χ4n) is 2.53. The third-order valence-electron chi connectivity index (χ3n) is 4.04. The zero-order valence-electron chi connectivity index (χ0n) is 15.8. The summed E-state index contributed by atoms with van der Waals surface area (Å²) in [5.41, 5.74) is 6.19. The Labute approximate surface area is 183 Å². The van der Waals surface area contributed by atoms with E-state index in [1.165, 1.54) is 6.33 Å². The van der Waals surface area contributed by atoms with Crippen molar-refractivity contribution in [2.45, 2.75) is 19.4 Å². The molecule has 10 heteroatoms. The van der Waals surface area contributed by atoms with Crippen molar-refractivity contribution in [1.82, 2.24) is 25.6 Å². The van der Waals surface area contributed by atoms with Gasteiger partial charge in [0.1, 0.15) is 18.4 Å². The average molecular weight is 448 g/mol. The molecule has 0 fully saturated rings. The van der Waals surface area contributed by atoms with Gasteiger partial charge < -0.3 is 4.74 Å². The van der Waals surface area contributed by atoms with Crippen molar-refractivity contribution in [3.63, 3.8) is 0 Å². The lowest BCUT2D eigenvalue weighted by molar-refractivity contribution is -0.122. The largest absolute Gasteiger partial charge is 0.492 e. The second-order valence-electron chi connectivity index (χ2n) is 6.32. The van der Waals surface area contributed by atoms with E-state index in [2.05, 4.69) is 20.9 Å². The van der Waals surface area contributed by atoms with Gasteiger partial charge in [-0.25, -0.2) is 9.67 Å². The second kappa shape index (κ2) is 10.6. The molecule has 0 saturated carbocycles. The number of amides is 2. The van der Waals surface area contributed by atoms with Gasteiger partial charge in [0, 0.05) is 17.0 Å². The Morgan fingerprint density at radius 3 is 2.57 bits per heavy atom. The highest BCUT2D eigenvalue weighted by molar-refractivity contribution is 6.35. The van der Waals surface area contributed by atoms with Crippen LogP contribution in [0.2, 0.25) is 10.0 Å². The Hall–Kier alpha value is -3.10. The van der Waals surface area contributed by atoms with Crippen LogP contribution in [-0.4, -0.2) is 33.2 Å². The van der Waals surface area contributed by atoms with Gasteiger partial charge in [-0.3, -0.25) is 20.4 Å². The van der Waals surface area contributed by atoms with Crippen LogP contribution in [0.25, 0.3) is 0 Å². The van der Waals surface area contributed by atoms with Gasteiger partial charge in [0.15, 0.2) is 0 Å². The van der Waals surface area contributed by atoms with E-state index in [1.54, 1.807) is 41.3 Å². The Morgan fingerprint density at radius 1 is 1.07 bits per heavy atom. The molecule has 0 radical (unpaired) electrons. The summed E-state index contributed by atoms with van der Waals surface area (Å²) in [7, 11) is 0. The molecule has 0 saturated heterocycles. The van der Waals surface area contributed by atoms with E-state index in [9.17, 15) is 9.59 Å². The Kier molecular flexibility index (Phi) is 7.64. The predicted molar refractivity (Wildman–Crippen MR) is 112 cm³/mol. The number of rotatable bonds is 8. The fourth-order valence-corrected chi connectivity index (χ4v) is 2.99. The molecule has 0 unspecified atom stereocenters. The molecule has 0 atom stereocenters. The molecule has 30 heavy (non-hydrogen) atoms. The topological polar surface area (TPSA) is 98.1 Å². The third kappa shape index (κ3) is 6.47. The van der Waals surface area contributed by atoms with Crippen molar-refractivity contribution in [2.75, 3.05) is 6.61 Å². The summed E-state index contributed by atoms with van der Waals surface area (Å²) in [4.78, 5) is 27.9. The van der Waals surface area contributed by atoms with Crippen LogP contribution >= 0.6 is 23.2 Å². The average Bonchev–Trinajstić information content (AvgIpc) is 3.24. The number of nitrogens with one attached hydrogen (secondary N) is 2. The molecule has 0 aliphatic rings. The van der Waals surface area contributed by atoms with E-state index < -0.39 is 5.91 Å². The minimum Gasteiger partial charge on any atom is -0.492 e. The normalized spacial score (nSPS) is 10.5. The molecule has 0 spiro atoms. The fraction of sp³-hybridized carbons (Fsp3) is 0.200. The van der Waals surface area contributed by atoms with Crippen molar-refractivity contribution in [1.29, 1.82) is 0 Å². The number of nitrogens with zero attached hydrogens (tertiary/aromatic N) is 3. The van der Waals surface area contributed by atoms with Gasteiger partial charge in [-0.05, 0) is 42.3 Å². The van der Waals surface area contributed by atoms with Crippen LogP contribution in [0.5, 0.6) is 5.75 Å². The Morgan fingerprint density at radius 2 is 1.87 bits per heavy atom. The van der Waals surface area contributed by atoms with Gasteiger partial charge in [-0.1, -0.05) is 35.3 Å². The molecule has 1 aromatic heterocycles. The van der Waals surface area contributed by atoms with E-state index in [0.717, 1.165) is 5.56 Å². The van der Waals surface area contributed by atoms with Gasteiger partial charge >= 0.3 is 0 Å². The highest BCUT2D eigenvalue weighted by Crippen LogP contribution is 2.27. The lowest BCUT2D eigenvalue weighted by atomic mass is 10.1. The van der Waals surface area contributed by atoms with E-state index in [0.29, 0.717) is 40.9 Å². The van der Waals surface area contributed by atoms with Crippen molar-refractivity contribution in [2.24, 2.45) is 0 Å². The summed E-state index contributed by atoms with van der Waals surface area (Å²) in [6.45, 7) is 0.859. The summed E-state index contributed by atoms with van der Waals surface area (Å²) in [5, 5.41) is 4.96. The number of aromatic nitrogens is 3. The monoisotopic (exact) mass is 447 g/mol. The molecule has 0 aliphatic heterocycles. The molecule has 2 aromatic carbocycles. The van der Waals surface area contributed by atoms with Crippen molar-refractivity contribution in [3.05, 3.63) is 76.3 Å². The highest BCUT2D eigenvalue weighted by Gasteiger charge is 2.08. The first-order valence-corrected chi connectivity index (χ1v) is 9.85. The van der Waals surface area contributed by atoms with Gasteiger partial charge in [-0.2, -0.15) is 5.10 Å². The number of hydrogen-bond donors (Lipinski definition) is 2. The molecular weight excluding hydrogens is 429 g/mol. The smallest absolute Gasteiger partial charge is 0.269 e. The maximum Gasteiger partial charge on any atom is 0.269 e. The van der Waals surface area contributed by atoms with Crippen LogP contribution < -0.4 is 15.6 Å². The molecule has 3 rings (SSSR count). The van der Waals surface area contributed by atoms with Gasteiger partial charge in [0.05, 0.1) is 18.2 Å². The van der Waals surface area contributed by atoms with Crippen LogP contribution in [0.3, 0.4) is 0 Å². The van der Waals surface area contributed by atoms with E-state index >= 15 is 0 Å². The molecule has 1 heterocycles. The van der Waals surface area contributed by atoms with Crippen molar-refractivity contribution < 1.29 is 14.3 Å². The number of benzene rings is 2. The third-order valence-corrected chi connectivity index (χ3v) is 4.57. The zero-order chi connectivity index (χ0) is 21.3. The first kappa shape index (κ1) is 21.6. The summed E-state index contributed by atoms with van der Waals surface area (Å²) in [5.74, 6) is -0.223. The molecule has 0 bridgehead atoms. The van der Waals surface area contributed by atoms with Crippen LogP contribution in [-0.2, 0) is 11.3 Å². The molecule has 3 aromatic rings. The number of carbonyl (C=O) groups excluding carboxylic acids is 2. The maximum atomic E-state index is 12.2. The standard InChI is InChI=1S/C20H19Cl2N5O3/c21-16-7-8-18(17(22)10-16)30-9-1-2-19(28)25-26-20(29)15-5-3-14(4-6-15)11-27-13-23-12-24-27/h3-8,10,12-13H,1-2,9,11H2,(H,25,28)(H,26,29). The van der Waals surface area contributed by atoms with E-state index in [1.807, 2.05) is 12.1 Å². The molecular formula is C20H19Cl2N5O3. The minimum atomic E-state index is -0.403. The maximum absolute atomic E-state index is 12.2. The molecule has 0 aliphatic carbocycles. The quantitative estimate of drug-likeness (QED) is 0.407. The number of hydrogen-bond acceptors (Lipinski definition) is 5. The summed E-state index contributed by atoms with van der Waals surface area (Å²) >= 11 is 11.8. The first-order valence-electron chi connectivity index (χ1n) is 9.09. The molecule has 8 nitrogen and oxygen atoms in total. The van der Waals surface area contributed by atoms with Gasteiger partial charge in [0.25, 0.3) is 5.91 Å². The number of carbonyl (C=O) groups is 2. The van der Waals surface area contributed by atoms with Crippen LogP contribution in [0.1, 0.15) is 28.8 Å². The van der Waals surface area contributed by atoms with E-state index in [-0.39, 0.29) is 12.3 Å². The Balaban J connectivity index is 1.36.